The standard InChI is InChI=1S/C18H12BrF3N2O3/c1-27-15-6-5-10(8-14(15)19)7-13-16(25)23-24(17(13)26)12-4-2-3-11(9-12)18(20,21)22/h2-9H,1H3,(H,23,25)/b13-7-. The van der Waals surface area contributed by atoms with Crippen molar-refractivity contribution >= 4 is 39.5 Å². The lowest BCUT2D eigenvalue weighted by Gasteiger charge is -2.16. The van der Waals surface area contributed by atoms with Gasteiger partial charge in [0.25, 0.3) is 11.8 Å². The van der Waals surface area contributed by atoms with E-state index in [0.717, 1.165) is 17.1 Å². The number of anilines is 1. The van der Waals surface area contributed by atoms with Gasteiger partial charge in [0.15, 0.2) is 0 Å². The molecule has 140 valence electrons. The van der Waals surface area contributed by atoms with E-state index in [0.29, 0.717) is 15.8 Å². The van der Waals surface area contributed by atoms with Crippen molar-refractivity contribution in [2.45, 2.75) is 6.18 Å². The fourth-order valence-electron chi connectivity index (χ4n) is 2.50. The zero-order valence-electron chi connectivity index (χ0n) is 13.8. The number of hydrazine groups is 1. The topological polar surface area (TPSA) is 58.6 Å². The third-order valence-corrected chi connectivity index (χ3v) is 4.43. The molecule has 1 heterocycles. The van der Waals surface area contributed by atoms with Crippen LogP contribution in [0.1, 0.15) is 11.1 Å². The fraction of sp³-hybridized carbons (Fsp3) is 0.111. The van der Waals surface area contributed by atoms with Crippen LogP contribution in [0.3, 0.4) is 0 Å². The molecule has 2 amide bonds. The summed E-state index contributed by atoms with van der Waals surface area (Å²) >= 11 is 3.31. The molecule has 27 heavy (non-hydrogen) atoms. The number of amides is 2. The predicted molar refractivity (Wildman–Crippen MR) is 95.7 cm³/mol. The second-order valence-electron chi connectivity index (χ2n) is 5.58. The Kier molecular flexibility index (Phi) is 4.97. The molecule has 1 aliphatic heterocycles. The van der Waals surface area contributed by atoms with Crippen molar-refractivity contribution in [2.24, 2.45) is 0 Å². The Labute approximate surface area is 160 Å². The van der Waals surface area contributed by atoms with Gasteiger partial charge >= 0.3 is 6.18 Å². The number of hydrogen-bond donors (Lipinski definition) is 1. The molecule has 0 bridgehead atoms. The lowest BCUT2D eigenvalue weighted by Crippen LogP contribution is -2.35. The highest BCUT2D eigenvalue weighted by atomic mass is 79.9. The van der Waals surface area contributed by atoms with Gasteiger partial charge in [0, 0.05) is 0 Å². The summed E-state index contributed by atoms with van der Waals surface area (Å²) in [7, 11) is 1.50. The molecule has 0 aliphatic carbocycles. The Morgan fingerprint density at radius 2 is 1.89 bits per heavy atom. The molecule has 0 saturated carbocycles. The summed E-state index contributed by atoms with van der Waals surface area (Å²) < 4.78 is 44.4. The van der Waals surface area contributed by atoms with Gasteiger partial charge < -0.3 is 4.74 Å². The number of carbonyl (C=O) groups excluding carboxylic acids is 2. The minimum Gasteiger partial charge on any atom is -0.496 e. The molecule has 2 aromatic rings. The largest absolute Gasteiger partial charge is 0.496 e. The minimum absolute atomic E-state index is 0.0810. The Balaban J connectivity index is 1.93. The number of ether oxygens (including phenoxy) is 1. The summed E-state index contributed by atoms with van der Waals surface area (Å²) in [5, 5.41) is 0.794. The third kappa shape index (κ3) is 3.82. The Morgan fingerprint density at radius 3 is 2.52 bits per heavy atom. The molecule has 1 fully saturated rings. The van der Waals surface area contributed by atoms with Crippen LogP contribution >= 0.6 is 15.9 Å². The number of benzene rings is 2. The second kappa shape index (κ2) is 7.07. The van der Waals surface area contributed by atoms with Crippen LogP contribution in [0.5, 0.6) is 5.75 Å². The smallest absolute Gasteiger partial charge is 0.416 e. The molecule has 1 N–H and O–H groups in total. The normalized spacial score (nSPS) is 16.0. The number of methoxy groups -OCH3 is 1. The number of hydrogen-bond acceptors (Lipinski definition) is 3. The van der Waals surface area contributed by atoms with Crippen molar-refractivity contribution in [3.63, 3.8) is 0 Å². The van der Waals surface area contributed by atoms with E-state index in [2.05, 4.69) is 21.4 Å². The number of carbonyl (C=O) groups is 2. The summed E-state index contributed by atoms with van der Waals surface area (Å²) in [4.78, 5) is 24.7. The van der Waals surface area contributed by atoms with Crippen molar-refractivity contribution in [3.05, 3.63) is 63.6 Å². The van der Waals surface area contributed by atoms with Gasteiger partial charge in [0.2, 0.25) is 0 Å². The van der Waals surface area contributed by atoms with Crippen molar-refractivity contribution < 1.29 is 27.5 Å². The summed E-state index contributed by atoms with van der Waals surface area (Å²) in [5.74, 6) is -0.874. The van der Waals surface area contributed by atoms with Crippen molar-refractivity contribution in [3.8, 4) is 5.75 Å². The van der Waals surface area contributed by atoms with E-state index in [1.165, 1.54) is 25.3 Å². The summed E-state index contributed by atoms with van der Waals surface area (Å²) in [6.45, 7) is 0. The van der Waals surface area contributed by atoms with Crippen LogP contribution in [-0.4, -0.2) is 18.9 Å². The Hall–Kier alpha value is -2.81. The van der Waals surface area contributed by atoms with Gasteiger partial charge in [0.1, 0.15) is 11.3 Å². The highest BCUT2D eigenvalue weighted by Gasteiger charge is 2.36. The van der Waals surface area contributed by atoms with Gasteiger partial charge in [-0.25, -0.2) is 5.01 Å². The monoisotopic (exact) mass is 440 g/mol. The fourth-order valence-corrected chi connectivity index (χ4v) is 3.06. The van der Waals surface area contributed by atoms with Gasteiger partial charge in [-0.3, -0.25) is 15.0 Å². The van der Waals surface area contributed by atoms with Gasteiger partial charge in [-0.1, -0.05) is 12.1 Å². The van der Waals surface area contributed by atoms with Crippen LogP contribution in [0.4, 0.5) is 18.9 Å². The SMILES string of the molecule is COc1ccc(/C=C2/C(=O)NN(c3cccc(C(F)(F)F)c3)C2=O)cc1Br. The maximum atomic E-state index is 12.9. The Morgan fingerprint density at radius 1 is 1.15 bits per heavy atom. The number of nitrogens with one attached hydrogen (secondary N) is 1. The van der Waals surface area contributed by atoms with Gasteiger partial charge in [-0.2, -0.15) is 13.2 Å². The van der Waals surface area contributed by atoms with E-state index in [-0.39, 0.29) is 11.3 Å². The first-order valence-electron chi connectivity index (χ1n) is 7.58. The van der Waals surface area contributed by atoms with Crippen molar-refractivity contribution in [1.82, 2.24) is 5.43 Å². The predicted octanol–water partition coefficient (Wildman–Crippen LogP) is 3.94. The van der Waals surface area contributed by atoms with Crippen LogP contribution in [-0.2, 0) is 15.8 Å². The molecular formula is C18H12BrF3N2O3. The Bertz CT molecular complexity index is 957. The van der Waals surface area contributed by atoms with Crippen LogP contribution in [0.25, 0.3) is 6.08 Å². The summed E-state index contributed by atoms with van der Waals surface area (Å²) in [5.41, 5.74) is 1.64. The first-order valence-corrected chi connectivity index (χ1v) is 8.38. The molecule has 0 spiro atoms. The summed E-state index contributed by atoms with van der Waals surface area (Å²) in [6.07, 6.45) is -3.20. The zero-order valence-corrected chi connectivity index (χ0v) is 15.4. The first kappa shape index (κ1) is 19.0. The molecular weight excluding hydrogens is 429 g/mol. The molecule has 1 saturated heterocycles. The first-order chi connectivity index (χ1) is 12.7. The van der Waals surface area contributed by atoms with E-state index >= 15 is 0 Å². The highest BCUT2D eigenvalue weighted by Crippen LogP contribution is 2.32. The van der Waals surface area contributed by atoms with Crippen LogP contribution in [0.2, 0.25) is 0 Å². The number of alkyl halides is 3. The number of halogens is 4. The number of nitrogens with zero attached hydrogens (tertiary/aromatic N) is 1. The third-order valence-electron chi connectivity index (χ3n) is 3.81. The van der Waals surface area contributed by atoms with Crippen LogP contribution in [0.15, 0.2) is 52.5 Å². The second-order valence-corrected chi connectivity index (χ2v) is 6.44. The average Bonchev–Trinajstić information content (AvgIpc) is 2.89. The molecule has 5 nitrogen and oxygen atoms in total. The molecule has 3 rings (SSSR count). The molecule has 0 aromatic heterocycles. The molecule has 0 unspecified atom stereocenters. The summed E-state index contributed by atoms with van der Waals surface area (Å²) in [6, 6.07) is 9.10. The maximum absolute atomic E-state index is 12.9. The maximum Gasteiger partial charge on any atom is 0.416 e. The molecule has 2 aromatic carbocycles. The molecule has 9 heteroatoms. The van der Waals surface area contributed by atoms with E-state index in [9.17, 15) is 22.8 Å². The van der Waals surface area contributed by atoms with E-state index in [4.69, 9.17) is 4.74 Å². The molecule has 0 radical (unpaired) electrons. The zero-order chi connectivity index (χ0) is 19.8. The van der Waals surface area contributed by atoms with E-state index in [1.807, 2.05) is 0 Å². The van der Waals surface area contributed by atoms with Crippen molar-refractivity contribution in [1.29, 1.82) is 0 Å². The highest BCUT2D eigenvalue weighted by molar-refractivity contribution is 9.10. The van der Waals surface area contributed by atoms with Crippen LogP contribution < -0.4 is 15.2 Å². The molecule has 1 aliphatic rings. The lowest BCUT2D eigenvalue weighted by molar-refractivity contribution is -0.137. The minimum atomic E-state index is -4.56. The van der Waals surface area contributed by atoms with Crippen LogP contribution in [0, 0.1) is 0 Å². The lowest BCUT2D eigenvalue weighted by atomic mass is 10.1. The van der Waals surface area contributed by atoms with E-state index < -0.39 is 23.6 Å². The quantitative estimate of drug-likeness (QED) is 0.580. The van der Waals surface area contributed by atoms with Gasteiger partial charge in [0.05, 0.1) is 22.8 Å². The van der Waals surface area contributed by atoms with E-state index in [1.54, 1.807) is 18.2 Å². The van der Waals surface area contributed by atoms with Gasteiger partial charge in [-0.05, 0) is 57.9 Å². The average molecular weight is 441 g/mol. The number of rotatable bonds is 3. The van der Waals surface area contributed by atoms with Crippen molar-refractivity contribution in [2.75, 3.05) is 12.1 Å². The van der Waals surface area contributed by atoms with Gasteiger partial charge in [-0.15, -0.1) is 0 Å². The molecule has 0 atom stereocenters.